The Kier molecular flexibility index (Phi) is 12.0. The lowest BCUT2D eigenvalue weighted by molar-refractivity contribution is -0.288. The van der Waals surface area contributed by atoms with Crippen LogP contribution in [0.4, 0.5) is 0 Å². The van der Waals surface area contributed by atoms with Crippen LogP contribution in [-0.4, -0.2) is 67.3 Å². The number of carbonyl (C=O) groups is 4. The molecule has 5 rings (SSSR count). The molecule has 1 aliphatic heterocycles. The van der Waals surface area contributed by atoms with Crippen LogP contribution in [0.15, 0.2) is 57.7 Å². The van der Waals surface area contributed by atoms with Crippen molar-refractivity contribution >= 4 is 34.8 Å². The third-order valence-electron chi connectivity index (χ3n) is 8.06. The minimum atomic E-state index is -1.48. The fourth-order valence-corrected chi connectivity index (χ4v) is 5.95. The van der Waals surface area contributed by atoms with Gasteiger partial charge in [0.1, 0.15) is 30.7 Å². The predicted octanol–water partition coefficient (Wildman–Crippen LogP) is 4.55. The SMILES string of the molecule is CC(=O)OC[C@H]1O[C@H](Oc2ccc3c(OCc4ccccc4)c(OC4CCCCC4)c(=O)oc3c2)[C@@H](OC(C)=O)[C@@H](OC(C)=O)[C@@H]1OC(C)=O. The molecular weight excluding hydrogens is 656 g/mol. The standard InChI is InChI=1S/C36H40O14/c1-20(37)42-19-29-31(44-21(2)38)32(45-22(3)39)34(46-23(4)40)36(50-29)48-26-15-16-27-28(17-26)49-35(41)33(47-25-13-9-6-10-14-25)30(27)43-18-24-11-7-5-8-12-24/h5,7-8,11-12,15-17,25,29,31-32,34,36H,6,9-10,13-14,18-19H2,1-4H3/t29-,31-,32+,34+,36+/m1/s1. The number of carbonyl (C=O) groups excluding carboxylic acids is 4. The lowest BCUT2D eigenvalue weighted by atomic mass is 9.98. The van der Waals surface area contributed by atoms with Crippen LogP contribution < -0.4 is 19.8 Å². The molecule has 1 aliphatic carbocycles. The van der Waals surface area contributed by atoms with E-state index in [1.165, 1.54) is 13.0 Å². The Balaban J connectivity index is 1.51. The zero-order valence-corrected chi connectivity index (χ0v) is 28.2. The van der Waals surface area contributed by atoms with Crippen molar-refractivity contribution in [2.45, 2.75) is 103 Å². The van der Waals surface area contributed by atoms with Crippen LogP contribution in [0.1, 0.15) is 65.4 Å². The largest absolute Gasteiger partial charge is 0.484 e. The minimum Gasteiger partial charge on any atom is -0.484 e. The van der Waals surface area contributed by atoms with E-state index in [2.05, 4.69) is 0 Å². The Morgan fingerprint density at radius 1 is 0.740 bits per heavy atom. The third-order valence-corrected chi connectivity index (χ3v) is 8.06. The van der Waals surface area contributed by atoms with Gasteiger partial charge in [0.15, 0.2) is 18.0 Å². The molecule has 1 aromatic heterocycles. The first-order valence-corrected chi connectivity index (χ1v) is 16.4. The molecule has 2 heterocycles. The van der Waals surface area contributed by atoms with Crippen LogP contribution in [0.5, 0.6) is 17.2 Å². The molecule has 1 saturated heterocycles. The summed E-state index contributed by atoms with van der Waals surface area (Å²) >= 11 is 0. The molecule has 14 nitrogen and oxygen atoms in total. The molecule has 50 heavy (non-hydrogen) atoms. The first-order valence-electron chi connectivity index (χ1n) is 16.4. The van der Waals surface area contributed by atoms with Gasteiger partial charge in [0, 0.05) is 33.8 Å². The zero-order valence-electron chi connectivity index (χ0n) is 28.2. The van der Waals surface area contributed by atoms with Gasteiger partial charge in [0.05, 0.1) is 11.5 Å². The van der Waals surface area contributed by atoms with Gasteiger partial charge in [-0.3, -0.25) is 19.2 Å². The number of ether oxygens (including phenoxy) is 8. The van der Waals surface area contributed by atoms with Crippen molar-refractivity contribution < 1.29 is 61.5 Å². The normalized spacial score (nSPS) is 22.2. The Hall–Kier alpha value is -5.11. The minimum absolute atomic E-state index is 0.0198. The van der Waals surface area contributed by atoms with E-state index in [1.807, 2.05) is 30.3 Å². The summed E-state index contributed by atoms with van der Waals surface area (Å²) in [7, 11) is 0. The van der Waals surface area contributed by atoms with E-state index in [9.17, 15) is 24.0 Å². The van der Waals surface area contributed by atoms with Gasteiger partial charge in [0.2, 0.25) is 18.1 Å². The number of esters is 4. The van der Waals surface area contributed by atoms with Crippen LogP contribution >= 0.6 is 0 Å². The second kappa shape index (κ2) is 16.5. The van der Waals surface area contributed by atoms with Crippen molar-refractivity contribution in [1.29, 1.82) is 0 Å². The van der Waals surface area contributed by atoms with Crippen molar-refractivity contribution in [3.05, 3.63) is 64.5 Å². The molecular formula is C36H40O14. The molecule has 0 bridgehead atoms. The van der Waals surface area contributed by atoms with E-state index in [-0.39, 0.29) is 35.5 Å². The molecule has 5 atom stereocenters. The molecule has 2 aromatic carbocycles. The van der Waals surface area contributed by atoms with Gasteiger partial charge in [-0.2, -0.15) is 0 Å². The van der Waals surface area contributed by atoms with Gasteiger partial charge in [-0.05, 0) is 43.4 Å². The van der Waals surface area contributed by atoms with E-state index in [0.29, 0.717) is 5.39 Å². The highest BCUT2D eigenvalue weighted by atomic mass is 16.7. The molecule has 0 unspecified atom stereocenters. The monoisotopic (exact) mass is 696 g/mol. The second-order valence-electron chi connectivity index (χ2n) is 12.0. The molecule has 0 radical (unpaired) electrons. The van der Waals surface area contributed by atoms with Gasteiger partial charge in [0.25, 0.3) is 0 Å². The molecule has 14 heteroatoms. The van der Waals surface area contributed by atoms with Crippen molar-refractivity contribution in [3.63, 3.8) is 0 Å². The molecule has 2 aliphatic rings. The van der Waals surface area contributed by atoms with Crippen molar-refractivity contribution in [1.82, 2.24) is 0 Å². The van der Waals surface area contributed by atoms with Crippen molar-refractivity contribution in [2.75, 3.05) is 6.61 Å². The number of fused-ring (bicyclic) bond motifs is 1. The maximum Gasteiger partial charge on any atom is 0.383 e. The van der Waals surface area contributed by atoms with E-state index in [1.54, 1.807) is 12.1 Å². The molecule has 0 N–H and O–H groups in total. The topological polar surface area (TPSA) is 172 Å². The maximum atomic E-state index is 13.4. The smallest absolute Gasteiger partial charge is 0.383 e. The molecule has 268 valence electrons. The maximum absolute atomic E-state index is 13.4. The van der Waals surface area contributed by atoms with Crippen LogP contribution in [-0.2, 0) is 49.5 Å². The van der Waals surface area contributed by atoms with Crippen LogP contribution in [0.25, 0.3) is 11.0 Å². The summed E-state index contributed by atoms with van der Waals surface area (Å²) in [5, 5.41) is 0.431. The van der Waals surface area contributed by atoms with Crippen LogP contribution in [0.3, 0.4) is 0 Å². The van der Waals surface area contributed by atoms with Gasteiger partial charge >= 0.3 is 29.5 Å². The van der Waals surface area contributed by atoms with E-state index < -0.39 is 66.8 Å². The molecule has 1 saturated carbocycles. The van der Waals surface area contributed by atoms with Crippen molar-refractivity contribution in [3.8, 4) is 17.2 Å². The lowest BCUT2D eigenvalue weighted by Gasteiger charge is -2.43. The summed E-state index contributed by atoms with van der Waals surface area (Å²) in [6.45, 7) is 4.29. The molecule has 0 spiro atoms. The first kappa shape index (κ1) is 36.2. The highest BCUT2D eigenvalue weighted by Gasteiger charge is 2.53. The number of hydrogen-bond acceptors (Lipinski definition) is 14. The van der Waals surface area contributed by atoms with Gasteiger partial charge in [-0.15, -0.1) is 0 Å². The lowest BCUT2D eigenvalue weighted by Crippen LogP contribution is -2.63. The average molecular weight is 697 g/mol. The van der Waals surface area contributed by atoms with E-state index in [0.717, 1.165) is 58.4 Å². The van der Waals surface area contributed by atoms with Gasteiger partial charge in [-0.25, -0.2) is 4.79 Å². The number of hydrogen-bond donors (Lipinski definition) is 0. The quantitative estimate of drug-likeness (QED) is 0.147. The Labute approximate surface area is 287 Å². The third kappa shape index (κ3) is 9.31. The molecule has 3 aromatic rings. The summed E-state index contributed by atoms with van der Waals surface area (Å²) in [5.41, 5.74) is 0.230. The van der Waals surface area contributed by atoms with Crippen molar-refractivity contribution in [2.24, 2.45) is 0 Å². The van der Waals surface area contributed by atoms with Gasteiger partial charge in [-0.1, -0.05) is 36.8 Å². The molecule has 2 fully saturated rings. The Morgan fingerprint density at radius 2 is 1.40 bits per heavy atom. The van der Waals surface area contributed by atoms with Gasteiger partial charge < -0.3 is 42.3 Å². The summed E-state index contributed by atoms with van der Waals surface area (Å²) in [5.74, 6) is -2.68. The Morgan fingerprint density at radius 3 is 2.06 bits per heavy atom. The number of benzene rings is 2. The van der Waals surface area contributed by atoms with E-state index >= 15 is 0 Å². The first-order chi connectivity index (χ1) is 24.0. The summed E-state index contributed by atoms with van der Waals surface area (Å²) in [6, 6.07) is 14.0. The van der Waals surface area contributed by atoms with E-state index in [4.69, 9.17) is 42.3 Å². The summed E-state index contributed by atoms with van der Waals surface area (Å²) < 4.78 is 51.8. The summed E-state index contributed by atoms with van der Waals surface area (Å²) in [6.07, 6.45) is -2.38. The highest BCUT2D eigenvalue weighted by molar-refractivity contribution is 5.86. The van der Waals surface area contributed by atoms with Crippen LogP contribution in [0, 0.1) is 0 Å². The predicted molar refractivity (Wildman–Crippen MR) is 173 cm³/mol. The highest BCUT2D eigenvalue weighted by Crippen LogP contribution is 2.38. The Bertz CT molecular complexity index is 1730. The summed E-state index contributed by atoms with van der Waals surface area (Å²) in [4.78, 5) is 61.6. The fourth-order valence-electron chi connectivity index (χ4n) is 5.95. The zero-order chi connectivity index (χ0) is 35.8. The second-order valence-corrected chi connectivity index (χ2v) is 12.0. The number of rotatable bonds is 12. The molecule has 0 amide bonds. The fraction of sp³-hybridized carbons (Fsp3) is 0.472. The average Bonchev–Trinajstić information content (AvgIpc) is 3.06. The van der Waals surface area contributed by atoms with Crippen LogP contribution in [0.2, 0.25) is 0 Å².